The molecule has 0 saturated heterocycles. The molecule has 1 amide bonds. The molecule has 0 saturated carbocycles. The quantitative estimate of drug-likeness (QED) is 0.737. The second-order valence-corrected chi connectivity index (χ2v) is 5.77. The highest BCUT2D eigenvalue weighted by Gasteiger charge is 2.19. The molecule has 0 aliphatic carbocycles. The Morgan fingerprint density at radius 1 is 1.29 bits per heavy atom. The average Bonchev–Trinajstić information content (AvgIpc) is 3.21. The number of ether oxygens (including phenoxy) is 1. The van der Waals surface area contributed by atoms with E-state index in [0.717, 1.165) is 0 Å². The molecule has 0 radical (unpaired) electrons. The van der Waals surface area contributed by atoms with E-state index in [4.69, 9.17) is 4.74 Å². The number of methoxy groups -OCH3 is 1. The van der Waals surface area contributed by atoms with Crippen molar-refractivity contribution in [1.82, 2.24) is 14.8 Å². The van der Waals surface area contributed by atoms with E-state index in [1.54, 1.807) is 41.4 Å². The van der Waals surface area contributed by atoms with Crippen LogP contribution in [0.4, 0.5) is 5.69 Å². The van der Waals surface area contributed by atoms with Crippen molar-refractivity contribution in [3.63, 3.8) is 0 Å². The number of nitrogens with zero attached hydrogens (tertiary/aromatic N) is 3. The maximum absolute atomic E-state index is 12.5. The van der Waals surface area contributed by atoms with E-state index in [-0.39, 0.29) is 5.91 Å². The second-order valence-electron chi connectivity index (χ2n) is 4.85. The first-order valence-corrected chi connectivity index (χ1v) is 7.93. The minimum absolute atomic E-state index is 0.348. The summed E-state index contributed by atoms with van der Waals surface area (Å²) in [6.45, 7) is 1.78. The summed E-state index contributed by atoms with van der Waals surface area (Å²) in [5.41, 5.74) is 1.48. The van der Waals surface area contributed by atoms with Gasteiger partial charge in [-0.15, -0.1) is 11.3 Å². The standard InChI is InChI=1S/C16H14N4O3S/c1-10-11(9-18-20(10)13-5-3-4-7-17-13)15(21)19-12-6-8-24-14(12)16(22)23-2/h3-9H,1-2H3,(H,19,21). The molecule has 3 aromatic heterocycles. The second kappa shape index (κ2) is 6.63. The SMILES string of the molecule is COC(=O)c1sccc1NC(=O)c1cnn(-c2ccccn2)c1C. The Kier molecular flexibility index (Phi) is 4.39. The van der Waals surface area contributed by atoms with Crippen molar-refractivity contribution in [2.24, 2.45) is 0 Å². The number of anilines is 1. The Balaban J connectivity index is 1.86. The summed E-state index contributed by atoms with van der Waals surface area (Å²) in [7, 11) is 1.30. The number of carbonyl (C=O) groups excluding carboxylic acids is 2. The number of esters is 1. The van der Waals surface area contributed by atoms with Crippen molar-refractivity contribution < 1.29 is 14.3 Å². The van der Waals surface area contributed by atoms with Crippen molar-refractivity contribution in [2.45, 2.75) is 6.92 Å². The van der Waals surface area contributed by atoms with Crippen LogP contribution in [-0.4, -0.2) is 33.8 Å². The molecule has 3 rings (SSSR count). The number of amides is 1. The predicted octanol–water partition coefficient (Wildman–Crippen LogP) is 2.68. The zero-order chi connectivity index (χ0) is 17.1. The molecule has 3 aromatic rings. The van der Waals surface area contributed by atoms with Crippen molar-refractivity contribution in [2.75, 3.05) is 12.4 Å². The largest absolute Gasteiger partial charge is 0.465 e. The molecule has 3 heterocycles. The fraction of sp³-hybridized carbons (Fsp3) is 0.125. The molecule has 0 aliphatic rings. The van der Waals surface area contributed by atoms with Crippen LogP contribution in [0.15, 0.2) is 42.0 Å². The van der Waals surface area contributed by atoms with E-state index in [1.165, 1.54) is 24.6 Å². The summed E-state index contributed by atoms with van der Waals surface area (Å²) in [5.74, 6) is -0.209. The van der Waals surface area contributed by atoms with Crippen LogP contribution in [0.3, 0.4) is 0 Å². The third-order valence-corrected chi connectivity index (χ3v) is 4.30. The van der Waals surface area contributed by atoms with Crippen LogP contribution in [0.25, 0.3) is 5.82 Å². The van der Waals surface area contributed by atoms with Gasteiger partial charge in [-0.05, 0) is 30.5 Å². The van der Waals surface area contributed by atoms with Gasteiger partial charge in [0, 0.05) is 6.20 Å². The number of pyridine rings is 1. The van der Waals surface area contributed by atoms with E-state index >= 15 is 0 Å². The minimum atomic E-state index is -0.485. The molecule has 122 valence electrons. The number of rotatable bonds is 4. The van der Waals surface area contributed by atoms with Crippen LogP contribution < -0.4 is 5.32 Å². The summed E-state index contributed by atoms with van der Waals surface area (Å²) in [6.07, 6.45) is 3.13. The molecule has 0 aliphatic heterocycles. The van der Waals surface area contributed by atoms with Crippen LogP contribution in [0.1, 0.15) is 25.7 Å². The van der Waals surface area contributed by atoms with Crippen molar-refractivity contribution in [3.05, 3.63) is 58.2 Å². The van der Waals surface area contributed by atoms with E-state index in [9.17, 15) is 9.59 Å². The Hall–Kier alpha value is -3.00. The third-order valence-electron chi connectivity index (χ3n) is 3.40. The molecule has 0 aromatic carbocycles. The molecule has 0 bridgehead atoms. The molecule has 0 unspecified atom stereocenters. The first kappa shape index (κ1) is 15.9. The Labute approximate surface area is 141 Å². The number of aromatic nitrogens is 3. The predicted molar refractivity (Wildman–Crippen MR) is 89.7 cm³/mol. The van der Waals surface area contributed by atoms with Gasteiger partial charge in [-0.1, -0.05) is 6.07 Å². The topological polar surface area (TPSA) is 86.1 Å². The molecular formula is C16H14N4O3S. The fourth-order valence-electron chi connectivity index (χ4n) is 2.19. The van der Waals surface area contributed by atoms with Crippen LogP contribution in [-0.2, 0) is 4.74 Å². The monoisotopic (exact) mass is 342 g/mol. The van der Waals surface area contributed by atoms with Gasteiger partial charge < -0.3 is 10.1 Å². The lowest BCUT2D eigenvalue weighted by Crippen LogP contribution is -2.15. The Bertz CT molecular complexity index is 886. The minimum Gasteiger partial charge on any atom is -0.465 e. The first-order valence-electron chi connectivity index (χ1n) is 7.05. The van der Waals surface area contributed by atoms with Crippen molar-refractivity contribution >= 4 is 28.9 Å². The van der Waals surface area contributed by atoms with E-state index < -0.39 is 5.97 Å². The van der Waals surface area contributed by atoms with Gasteiger partial charge in [0.25, 0.3) is 5.91 Å². The summed E-state index contributed by atoms with van der Waals surface area (Å²) in [4.78, 5) is 28.8. The van der Waals surface area contributed by atoms with Gasteiger partial charge in [-0.25, -0.2) is 14.5 Å². The van der Waals surface area contributed by atoms with Gasteiger partial charge in [-0.2, -0.15) is 5.10 Å². The third kappa shape index (κ3) is 2.91. The number of nitrogens with one attached hydrogen (secondary N) is 1. The lowest BCUT2D eigenvalue weighted by molar-refractivity contribution is 0.0607. The lowest BCUT2D eigenvalue weighted by atomic mass is 10.2. The molecule has 24 heavy (non-hydrogen) atoms. The first-order chi connectivity index (χ1) is 11.6. The maximum atomic E-state index is 12.5. The number of hydrogen-bond donors (Lipinski definition) is 1. The van der Waals surface area contributed by atoms with Crippen molar-refractivity contribution in [3.8, 4) is 5.82 Å². The number of carbonyl (C=O) groups is 2. The van der Waals surface area contributed by atoms with E-state index in [0.29, 0.717) is 27.6 Å². The summed E-state index contributed by atoms with van der Waals surface area (Å²) in [5, 5.41) is 8.65. The average molecular weight is 342 g/mol. The van der Waals surface area contributed by atoms with Gasteiger partial charge in [0.05, 0.1) is 30.3 Å². The molecule has 0 spiro atoms. The Morgan fingerprint density at radius 3 is 2.83 bits per heavy atom. The molecule has 8 heteroatoms. The Morgan fingerprint density at radius 2 is 2.12 bits per heavy atom. The lowest BCUT2D eigenvalue weighted by Gasteiger charge is -2.06. The molecule has 7 nitrogen and oxygen atoms in total. The van der Waals surface area contributed by atoms with Gasteiger partial charge >= 0.3 is 5.97 Å². The maximum Gasteiger partial charge on any atom is 0.350 e. The van der Waals surface area contributed by atoms with E-state index in [2.05, 4.69) is 15.4 Å². The number of hydrogen-bond acceptors (Lipinski definition) is 6. The highest BCUT2D eigenvalue weighted by Crippen LogP contribution is 2.24. The van der Waals surface area contributed by atoms with Crippen molar-refractivity contribution in [1.29, 1.82) is 0 Å². The van der Waals surface area contributed by atoms with Crippen LogP contribution >= 0.6 is 11.3 Å². The molecule has 0 atom stereocenters. The molecule has 0 fully saturated rings. The van der Waals surface area contributed by atoms with Gasteiger partial charge in [0.2, 0.25) is 0 Å². The highest BCUT2D eigenvalue weighted by molar-refractivity contribution is 7.12. The highest BCUT2D eigenvalue weighted by atomic mass is 32.1. The van der Waals surface area contributed by atoms with Crippen LogP contribution in [0.5, 0.6) is 0 Å². The fourth-order valence-corrected chi connectivity index (χ4v) is 2.96. The molecule has 1 N–H and O–H groups in total. The summed E-state index contributed by atoms with van der Waals surface area (Å²) < 4.78 is 6.29. The zero-order valence-corrected chi connectivity index (χ0v) is 13.8. The smallest absolute Gasteiger partial charge is 0.350 e. The van der Waals surface area contributed by atoms with Crippen LogP contribution in [0.2, 0.25) is 0 Å². The van der Waals surface area contributed by atoms with E-state index in [1.807, 2.05) is 6.07 Å². The zero-order valence-electron chi connectivity index (χ0n) is 13.0. The number of thiophene rings is 1. The van der Waals surface area contributed by atoms with Gasteiger partial charge in [-0.3, -0.25) is 4.79 Å². The summed E-state index contributed by atoms with van der Waals surface area (Å²) >= 11 is 1.21. The van der Waals surface area contributed by atoms with Gasteiger partial charge in [0.1, 0.15) is 4.88 Å². The normalized spacial score (nSPS) is 10.4. The summed E-state index contributed by atoms with van der Waals surface area (Å²) in [6, 6.07) is 7.11. The van der Waals surface area contributed by atoms with Crippen LogP contribution in [0, 0.1) is 6.92 Å². The van der Waals surface area contributed by atoms with Gasteiger partial charge in [0.15, 0.2) is 5.82 Å². The molecular weight excluding hydrogens is 328 g/mol.